The molecule has 4 rings (SSSR count). The topological polar surface area (TPSA) is 139 Å². The van der Waals surface area contributed by atoms with Crippen LogP contribution in [0.2, 0.25) is 5.15 Å². The van der Waals surface area contributed by atoms with E-state index in [0.717, 1.165) is 4.31 Å². The molecule has 0 aliphatic carbocycles. The Morgan fingerprint density at radius 2 is 2.08 bits per heavy atom. The third-order valence-corrected chi connectivity index (χ3v) is 8.20. The second-order valence-corrected chi connectivity index (χ2v) is 11.4. The number of hydrazine groups is 1. The Kier molecular flexibility index (Phi) is 7.91. The van der Waals surface area contributed by atoms with Crippen molar-refractivity contribution in [1.29, 1.82) is 0 Å². The number of aliphatic imine (C=N–C) groups is 1. The van der Waals surface area contributed by atoms with E-state index in [4.69, 9.17) is 16.3 Å². The van der Waals surface area contributed by atoms with Gasteiger partial charge < -0.3 is 14.9 Å². The predicted molar refractivity (Wildman–Crippen MR) is 136 cm³/mol. The number of nitrogens with one attached hydrogen (secondary N) is 3. The van der Waals surface area contributed by atoms with E-state index in [-0.39, 0.29) is 33.7 Å². The van der Waals surface area contributed by atoms with Gasteiger partial charge in [-0.05, 0) is 45.4 Å². The maximum absolute atomic E-state index is 13.8. The van der Waals surface area contributed by atoms with Gasteiger partial charge in [-0.2, -0.15) is 18.3 Å². The lowest BCUT2D eigenvalue weighted by molar-refractivity contribution is -0.242. The molecular formula is C22H27ClF3N7O5S. The minimum Gasteiger partial charge on any atom is -0.486 e. The average molecular weight is 594 g/mol. The number of rotatable bonds is 8. The molecule has 12 nitrogen and oxygen atoms in total. The van der Waals surface area contributed by atoms with E-state index in [9.17, 15) is 26.4 Å². The average Bonchev–Trinajstić information content (AvgIpc) is 3.50. The summed E-state index contributed by atoms with van der Waals surface area (Å²) >= 11 is 6.17. The highest BCUT2D eigenvalue weighted by Crippen LogP contribution is 2.41. The number of aromatic nitrogens is 2. The summed E-state index contributed by atoms with van der Waals surface area (Å²) in [6.07, 6.45) is -4.54. The standard InChI is InChI=1S/C22H27ClF3N7O5S/c1-4-32-11-17(19(23)31-32)39(35,36)33-10-14(6-8-18-27-12-28-30-18)37-16-7-5-13(9-15(16)33)29-20(34)38-21(2,3)22(24,25)26/h5,7,9,11,14,28H,4,6,8,10,12H2,1-3H3,(H,27,30)(H,29,34)/t14-/m0/s1. The summed E-state index contributed by atoms with van der Waals surface area (Å²) in [7, 11) is -4.27. The SMILES string of the molecule is CCn1cc(S(=O)(=O)N2C[C@H](CCC3=NCNN3)Oc3ccc(NC(=O)OC(C)(C)C(F)(F)F)cc32)c(Cl)n1. The van der Waals surface area contributed by atoms with Crippen molar-refractivity contribution in [3.63, 3.8) is 0 Å². The Hall–Kier alpha value is -3.24. The summed E-state index contributed by atoms with van der Waals surface area (Å²) in [6.45, 7) is 3.88. The molecule has 39 heavy (non-hydrogen) atoms. The van der Waals surface area contributed by atoms with Crippen LogP contribution in [0.15, 0.2) is 34.3 Å². The molecule has 0 fully saturated rings. The van der Waals surface area contributed by atoms with Gasteiger partial charge in [0.15, 0.2) is 5.15 Å². The molecule has 214 valence electrons. The highest BCUT2D eigenvalue weighted by Gasteiger charge is 2.51. The maximum atomic E-state index is 13.8. The van der Waals surface area contributed by atoms with Crippen molar-refractivity contribution < 1.29 is 35.9 Å². The number of halogens is 4. The van der Waals surface area contributed by atoms with Crippen LogP contribution in [-0.4, -0.2) is 61.2 Å². The number of hydrogen-bond acceptors (Lipinski definition) is 9. The fourth-order valence-electron chi connectivity index (χ4n) is 3.79. The predicted octanol–water partition coefficient (Wildman–Crippen LogP) is 3.65. The van der Waals surface area contributed by atoms with E-state index in [1.165, 1.54) is 29.1 Å². The number of fused-ring (bicyclic) bond motifs is 1. The van der Waals surface area contributed by atoms with Crippen LogP contribution < -0.4 is 25.2 Å². The van der Waals surface area contributed by atoms with Crippen molar-refractivity contribution in [2.24, 2.45) is 4.99 Å². The minimum atomic E-state index is -4.80. The lowest BCUT2D eigenvalue weighted by atomic mass is 10.1. The monoisotopic (exact) mass is 593 g/mol. The number of amidine groups is 1. The number of nitrogens with zero attached hydrogens (tertiary/aromatic N) is 4. The third-order valence-electron chi connectivity index (χ3n) is 6.03. The van der Waals surface area contributed by atoms with Crippen LogP contribution in [0.3, 0.4) is 0 Å². The van der Waals surface area contributed by atoms with Crippen LogP contribution in [0.4, 0.5) is 29.3 Å². The van der Waals surface area contributed by atoms with E-state index in [1.54, 1.807) is 6.92 Å². The van der Waals surface area contributed by atoms with E-state index in [0.29, 0.717) is 45.7 Å². The van der Waals surface area contributed by atoms with E-state index >= 15 is 0 Å². The number of sulfonamides is 1. The van der Waals surface area contributed by atoms with Gasteiger partial charge in [-0.25, -0.2) is 18.6 Å². The number of carbonyl (C=O) groups excluding carboxylic acids is 1. The molecule has 0 saturated carbocycles. The van der Waals surface area contributed by atoms with Gasteiger partial charge >= 0.3 is 12.3 Å². The highest BCUT2D eigenvalue weighted by molar-refractivity contribution is 7.93. The molecule has 2 aromatic rings. The molecule has 17 heteroatoms. The summed E-state index contributed by atoms with van der Waals surface area (Å²) in [5.74, 6) is 0.883. The van der Waals surface area contributed by atoms with Crippen molar-refractivity contribution in [1.82, 2.24) is 20.6 Å². The Bertz CT molecular complexity index is 1380. The highest BCUT2D eigenvalue weighted by atomic mass is 35.5. The molecule has 3 N–H and O–H groups in total. The first-order valence-corrected chi connectivity index (χ1v) is 13.7. The van der Waals surface area contributed by atoms with Crippen molar-refractivity contribution >= 4 is 44.9 Å². The van der Waals surface area contributed by atoms with Gasteiger partial charge in [0.2, 0.25) is 5.60 Å². The van der Waals surface area contributed by atoms with Crippen LogP contribution in [0.25, 0.3) is 0 Å². The van der Waals surface area contributed by atoms with Crippen LogP contribution in [-0.2, 0) is 21.3 Å². The molecule has 2 aliphatic rings. The zero-order chi connectivity index (χ0) is 28.6. The van der Waals surface area contributed by atoms with Crippen LogP contribution in [0.5, 0.6) is 5.75 Å². The fourth-order valence-corrected chi connectivity index (χ4v) is 5.74. The van der Waals surface area contributed by atoms with E-state index < -0.39 is 34.0 Å². The van der Waals surface area contributed by atoms with Crippen LogP contribution in [0, 0.1) is 0 Å². The van der Waals surface area contributed by atoms with Crippen molar-refractivity contribution in [2.75, 3.05) is 22.8 Å². The van der Waals surface area contributed by atoms with E-state index in [1.807, 2.05) is 0 Å². The Morgan fingerprint density at radius 3 is 2.69 bits per heavy atom. The van der Waals surface area contributed by atoms with Gasteiger partial charge in [0.1, 0.15) is 29.3 Å². The van der Waals surface area contributed by atoms with Crippen LogP contribution in [0.1, 0.15) is 33.6 Å². The fraction of sp³-hybridized carbons (Fsp3) is 0.500. The largest absolute Gasteiger partial charge is 0.486 e. The third kappa shape index (κ3) is 6.17. The number of anilines is 2. The molecule has 1 aromatic heterocycles. The van der Waals surface area contributed by atoms with Crippen molar-refractivity contribution in [2.45, 2.75) is 62.9 Å². The number of amides is 1. The van der Waals surface area contributed by atoms with Gasteiger partial charge in [0.25, 0.3) is 10.0 Å². The summed E-state index contributed by atoms with van der Waals surface area (Å²) in [6, 6.07) is 4.05. The zero-order valence-corrected chi connectivity index (χ0v) is 22.7. The molecule has 0 bridgehead atoms. The second kappa shape index (κ2) is 10.7. The maximum Gasteiger partial charge on any atom is 0.427 e. The molecule has 0 radical (unpaired) electrons. The smallest absolute Gasteiger partial charge is 0.427 e. The molecule has 1 atom stereocenters. The van der Waals surface area contributed by atoms with Gasteiger partial charge in [0, 0.05) is 24.8 Å². The van der Waals surface area contributed by atoms with Crippen LogP contribution >= 0.6 is 11.6 Å². The van der Waals surface area contributed by atoms with Gasteiger partial charge in [-0.3, -0.25) is 19.3 Å². The minimum absolute atomic E-state index is 0.00934. The van der Waals surface area contributed by atoms with Gasteiger partial charge in [0.05, 0.1) is 12.2 Å². The Labute approximate surface area is 227 Å². The molecule has 2 aliphatic heterocycles. The van der Waals surface area contributed by atoms with Crippen molar-refractivity contribution in [3.05, 3.63) is 29.5 Å². The summed E-state index contributed by atoms with van der Waals surface area (Å²) in [5, 5.41) is 6.01. The molecule has 1 amide bonds. The van der Waals surface area contributed by atoms with Gasteiger partial charge in [-0.15, -0.1) is 0 Å². The second-order valence-electron chi connectivity index (χ2n) is 9.22. The molecule has 3 heterocycles. The summed E-state index contributed by atoms with van der Waals surface area (Å²) in [4.78, 5) is 16.2. The number of ether oxygens (including phenoxy) is 2. The number of benzene rings is 1. The number of hydrogen-bond donors (Lipinski definition) is 3. The first-order valence-electron chi connectivity index (χ1n) is 11.9. The lowest BCUT2D eigenvalue weighted by Gasteiger charge is -2.35. The Morgan fingerprint density at radius 1 is 1.33 bits per heavy atom. The molecule has 0 unspecified atom stereocenters. The number of carbonyl (C=O) groups is 1. The Balaban J connectivity index is 1.64. The first-order chi connectivity index (χ1) is 18.2. The van der Waals surface area contributed by atoms with E-state index in [2.05, 4.69) is 31.0 Å². The summed E-state index contributed by atoms with van der Waals surface area (Å²) < 4.78 is 80.0. The lowest BCUT2D eigenvalue weighted by Crippen LogP contribution is -2.44. The molecular weight excluding hydrogens is 567 g/mol. The van der Waals surface area contributed by atoms with Gasteiger partial charge in [-0.1, -0.05) is 11.6 Å². The first kappa shape index (κ1) is 28.8. The molecule has 0 spiro atoms. The molecule has 0 saturated heterocycles. The molecule has 1 aromatic carbocycles. The zero-order valence-electron chi connectivity index (χ0n) is 21.2. The van der Waals surface area contributed by atoms with Crippen molar-refractivity contribution in [3.8, 4) is 5.75 Å². The normalized spacial score (nSPS) is 17.7. The number of aryl methyl sites for hydroxylation is 1. The quantitative estimate of drug-likeness (QED) is 0.422. The number of alkyl halides is 3. The summed E-state index contributed by atoms with van der Waals surface area (Å²) in [5.41, 5.74) is 3.06.